The van der Waals surface area contributed by atoms with Gasteiger partial charge in [-0.25, -0.2) is 8.42 Å². The molecule has 3 aliphatic heterocycles. The van der Waals surface area contributed by atoms with Crippen molar-refractivity contribution in [3.63, 3.8) is 0 Å². The summed E-state index contributed by atoms with van der Waals surface area (Å²) in [5.41, 5.74) is 5.87. The lowest BCUT2D eigenvalue weighted by Gasteiger charge is -2.36. The topological polar surface area (TPSA) is 194 Å². The van der Waals surface area contributed by atoms with E-state index in [1.807, 2.05) is 44.2 Å². The number of hydrogen-bond donors (Lipinski definition) is 6. The molecule has 49 heavy (non-hydrogen) atoms. The summed E-state index contributed by atoms with van der Waals surface area (Å²) >= 11 is 0. The fourth-order valence-electron chi connectivity index (χ4n) is 6.54. The molecule has 274 valence electrons. The Morgan fingerprint density at radius 2 is 1.84 bits per heavy atom. The molecule has 0 aromatic heterocycles. The maximum atomic E-state index is 14.3. The highest BCUT2D eigenvalue weighted by Gasteiger charge is 2.43. The van der Waals surface area contributed by atoms with Gasteiger partial charge in [-0.15, -0.1) is 0 Å². The Labute approximate surface area is 288 Å². The summed E-state index contributed by atoms with van der Waals surface area (Å²) in [7, 11) is -4.14. The van der Waals surface area contributed by atoms with Crippen LogP contribution < -0.4 is 25.8 Å². The number of ether oxygens (including phenoxy) is 5. The highest BCUT2D eigenvalue weighted by atomic mass is 32.2. The molecule has 6 unspecified atom stereocenters. The molecular formula is C34H52N4O10S. The van der Waals surface area contributed by atoms with Gasteiger partial charge in [0.15, 0.2) is 17.8 Å². The van der Waals surface area contributed by atoms with E-state index in [4.69, 9.17) is 29.4 Å². The molecule has 0 amide bonds. The lowest BCUT2D eigenvalue weighted by molar-refractivity contribution is -0.170. The van der Waals surface area contributed by atoms with Crippen molar-refractivity contribution < 1.29 is 47.4 Å². The minimum absolute atomic E-state index is 0.0000215. The largest absolute Gasteiger partial charge is 0.454 e. The van der Waals surface area contributed by atoms with Crippen molar-refractivity contribution in [2.45, 2.75) is 88.0 Å². The van der Waals surface area contributed by atoms with E-state index in [0.717, 1.165) is 24.8 Å². The van der Waals surface area contributed by atoms with E-state index in [-0.39, 0.29) is 56.2 Å². The summed E-state index contributed by atoms with van der Waals surface area (Å²) < 4.78 is 58.0. The zero-order valence-corrected chi connectivity index (χ0v) is 29.1. The third-order valence-electron chi connectivity index (χ3n) is 9.27. The number of rotatable bonds is 20. The van der Waals surface area contributed by atoms with Gasteiger partial charge in [0.1, 0.15) is 6.23 Å². The normalized spacial score (nSPS) is 23.0. The molecule has 7 atom stereocenters. The van der Waals surface area contributed by atoms with Gasteiger partial charge in [0, 0.05) is 37.7 Å². The molecule has 2 aromatic rings. The zero-order chi connectivity index (χ0) is 35.0. The molecule has 0 radical (unpaired) electrons. The lowest BCUT2D eigenvalue weighted by atomic mass is 9.87. The van der Waals surface area contributed by atoms with Crippen molar-refractivity contribution in [2.75, 3.05) is 46.2 Å². The van der Waals surface area contributed by atoms with Crippen LogP contribution in [0.25, 0.3) is 0 Å². The average molecular weight is 709 g/mol. The lowest BCUT2D eigenvalue weighted by Crippen LogP contribution is -2.54. The van der Waals surface area contributed by atoms with Gasteiger partial charge in [0.25, 0.3) is 0 Å². The summed E-state index contributed by atoms with van der Waals surface area (Å²) in [6.07, 6.45) is -0.926. The molecule has 3 aliphatic rings. The van der Waals surface area contributed by atoms with Crippen molar-refractivity contribution in [3.8, 4) is 11.5 Å². The molecule has 2 fully saturated rings. The van der Waals surface area contributed by atoms with Gasteiger partial charge in [-0.3, -0.25) is 10.6 Å². The summed E-state index contributed by atoms with van der Waals surface area (Å²) in [6.45, 7) is 5.37. The molecular weight excluding hydrogens is 656 g/mol. The van der Waals surface area contributed by atoms with Crippen molar-refractivity contribution in [2.24, 2.45) is 17.1 Å². The van der Waals surface area contributed by atoms with E-state index >= 15 is 0 Å². The summed E-state index contributed by atoms with van der Waals surface area (Å²) in [4.78, 5) is 0.0187. The van der Waals surface area contributed by atoms with Gasteiger partial charge in [0.05, 0.1) is 30.3 Å². The number of fused-ring (bicyclic) bond motifs is 2. The number of nitrogens with one attached hydrogen (secondary N) is 2. The average Bonchev–Trinajstić information content (AvgIpc) is 3.83. The number of unbranched alkanes of at least 4 members (excludes halogenated alkanes) is 1. The number of aliphatic hydroxyl groups is 3. The minimum atomic E-state index is -4.14. The number of nitrogens with zero attached hydrogens (tertiary/aromatic N) is 1. The second-order valence-electron chi connectivity index (χ2n) is 13.7. The van der Waals surface area contributed by atoms with Gasteiger partial charge in [0.2, 0.25) is 23.2 Å². The Morgan fingerprint density at radius 3 is 2.61 bits per heavy atom. The Morgan fingerprint density at radius 1 is 1.06 bits per heavy atom. The van der Waals surface area contributed by atoms with Gasteiger partial charge in [-0.2, -0.15) is 4.31 Å². The molecule has 0 bridgehead atoms. The number of aliphatic hydroxyl groups excluding tert-OH is 3. The smallest absolute Gasteiger partial charge is 0.243 e. The first-order valence-corrected chi connectivity index (χ1v) is 18.5. The molecule has 0 saturated carbocycles. The molecule has 14 nitrogen and oxygen atoms in total. The fraction of sp³-hybridized carbons (Fsp3) is 0.647. The molecule has 15 heteroatoms. The van der Waals surface area contributed by atoms with E-state index in [2.05, 4.69) is 10.6 Å². The van der Waals surface area contributed by atoms with Crippen LogP contribution in [0.1, 0.15) is 45.1 Å². The second kappa shape index (κ2) is 17.2. The third kappa shape index (κ3) is 10.3. The van der Waals surface area contributed by atoms with E-state index in [0.29, 0.717) is 37.5 Å². The van der Waals surface area contributed by atoms with Crippen molar-refractivity contribution in [3.05, 3.63) is 54.1 Å². The molecule has 7 N–H and O–H groups in total. The Hall–Kier alpha value is -2.41. The highest BCUT2D eigenvalue weighted by molar-refractivity contribution is 7.89. The summed E-state index contributed by atoms with van der Waals surface area (Å²) in [6, 6.07) is 13.2. The Balaban J connectivity index is 1.33. The number of benzene rings is 2. The molecule has 2 aromatic carbocycles. The van der Waals surface area contributed by atoms with Crippen LogP contribution in [-0.4, -0.2) is 111 Å². The SMILES string of the molecule is CC(C)(CCCCNC(O)CN)CN(CC(O)[C@H](Cc1ccccc1)NC(O)OC1COC2OCCC12)S(=O)(=O)c1ccc2c(c1)OCO2. The molecule has 0 spiro atoms. The predicted molar refractivity (Wildman–Crippen MR) is 180 cm³/mol. The van der Waals surface area contributed by atoms with E-state index in [1.54, 1.807) is 6.07 Å². The van der Waals surface area contributed by atoms with Crippen LogP contribution in [0, 0.1) is 11.3 Å². The van der Waals surface area contributed by atoms with Crippen molar-refractivity contribution in [1.29, 1.82) is 0 Å². The van der Waals surface area contributed by atoms with Gasteiger partial charge < -0.3 is 44.7 Å². The Kier molecular flexibility index (Phi) is 13.3. The van der Waals surface area contributed by atoms with E-state index in [1.165, 1.54) is 16.4 Å². The van der Waals surface area contributed by atoms with Gasteiger partial charge in [-0.1, -0.05) is 50.6 Å². The monoisotopic (exact) mass is 708 g/mol. The quantitative estimate of drug-likeness (QED) is 0.0847. The predicted octanol–water partition coefficient (Wildman–Crippen LogP) is 1.08. The van der Waals surface area contributed by atoms with E-state index < -0.39 is 40.2 Å². The van der Waals surface area contributed by atoms with Crippen LogP contribution in [0.4, 0.5) is 0 Å². The maximum Gasteiger partial charge on any atom is 0.243 e. The van der Waals surface area contributed by atoms with Crippen LogP contribution in [0.5, 0.6) is 11.5 Å². The Bertz CT molecular complexity index is 1440. The fourth-order valence-corrected chi connectivity index (χ4v) is 8.20. The highest BCUT2D eigenvalue weighted by Crippen LogP contribution is 2.36. The van der Waals surface area contributed by atoms with Crippen LogP contribution >= 0.6 is 0 Å². The first-order valence-electron chi connectivity index (χ1n) is 17.0. The van der Waals surface area contributed by atoms with Crippen molar-refractivity contribution >= 4 is 10.0 Å². The molecule has 2 saturated heterocycles. The standard InChI is InChI=1S/C34H52N4O10S/c1-34(2,13-6-7-14-36-31(40)18-35)21-38(49(42,43)24-10-11-28-29(17-24)47-22-46-28)19-27(39)26(16-23-8-4-3-5-9-23)37-33(41)48-30-20-45-32-25(30)12-15-44-32/h3-5,8-11,17,25-27,30-33,36-37,39-41H,6-7,12-16,18-22,35H2,1-2H3/t25?,26-,27?,30?,31?,32?,33?/m0/s1. The number of nitrogens with two attached hydrogens (primary N) is 1. The maximum absolute atomic E-state index is 14.3. The number of sulfonamides is 1. The number of hydrogen-bond acceptors (Lipinski definition) is 13. The third-order valence-corrected chi connectivity index (χ3v) is 11.1. The zero-order valence-electron chi connectivity index (χ0n) is 28.3. The molecule has 3 heterocycles. The van der Waals surface area contributed by atoms with Gasteiger partial charge >= 0.3 is 0 Å². The first kappa shape index (κ1) is 37.8. The van der Waals surface area contributed by atoms with Crippen molar-refractivity contribution in [1.82, 2.24) is 14.9 Å². The minimum Gasteiger partial charge on any atom is -0.454 e. The summed E-state index contributed by atoms with van der Waals surface area (Å²) in [5, 5.41) is 38.5. The summed E-state index contributed by atoms with van der Waals surface area (Å²) in [5.74, 6) is 0.797. The molecule has 5 rings (SSSR count). The van der Waals surface area contributed by atoms with Crippen LogP contribution in [0.15, 0.2) is 53.4 Å². The second-order valence-corrected chi connectivity index (χ2v) is 15.7. The van der Waals surface area contributed by atoms with Crippen LogP contribution in [0.3, 0.4) is 0 Å². The molecule has 0 aliphatic carbocycles. The van der Waals surface area contributed by atoms with E-state index in [9.17, 15) is 23.7 Å². The van der Waals surface area contributed by atoms with Gasteiger partial charge in [-0.05, 0) is 55.3 Å². The van der Waals surface area contributed by atoms with Crippen LogP contribution in [0.2, 0.25) is 0 Å². The van der Waals surface area contributed by atoms with Crippen LogP contribution in [-0.2, 0) is 30.7 Å². The first-order chi connectivity index (χ1) is 23.4.